The van der Waals surface area contributed by atoms with Gasteiger partial charge >= 0.3 is 0 Å². The van der Waals surface area contributed by atoms with Crippen LogP contribution in [0.2, 0.25) is 0 Å². The maximum atomic E-state index is 13.2. The summed E-state index contributed by atoms with van der Waals surface area (Å²) < 4.78 is 13.2. The van der Waals surface area contributed by atoms with Gasteiger partial charge in [-0.1, -0.05) is 31.9 Å². The largest absolute Gasteiger partial charge is 0.207 e. The second kappa shape index (κ2) is 4.37. The van der Waals surface area contributed by atoms with Crippen LogP contribution >= 0.6 is 11.6 Å². The molecule has 1 fully saturated rings. The SMILES string of the molecule is Cc1cc(C(Cl)C2(C)CCCC2)ccc1F. The van der Waals surface area contributed by atoms with E-state index in [4.69, 9.17) is 11.6 Å². The Kier molecular flexibility index (Phi) is 3.25. The average molecular weight is 241 g/mol. The highest BCUT2D eigenvalue weighted by Gasteiger charge is 2.36. The quantitative estimate of drug-likeness (QED) is 0.639. The summed E-state index contributed by atoms with van der Waals surface area (Å²) in [5.74, 6) is -0.149. The molecule has 1 unspecified atom stereocenters. The van der Waals surface area contributed by atoms with E-state index in [1.165, 1.54) is 31.7 Å². The van der Waals surface area contributed by atoms with Gasteiger partial charge in [-0.15, -0.1) is 11.6 Å². The maximum Gasteiger partial charge on any atom is 0.126 e. The Morgan fingerprint density at radius 3 is 2.50 bits per heavy atom. The molecule has 0 radical (unpaired) electrons. The van der Waals surface area contributed by atoms with Crippen LogP contribution in [0.4, 0.5) is 4.39 Å². The summed E-state index contributed by atoms with van der Waals surface area (Å²) in [6.07, 6.45) is 4.88. The molecule has 2 heteroatoms. The van der Waals surface area contributed by atoms with Crippen molar-refractivity contribution in [3.8, 4) is 0 Å². The Morgan fingerprint density at radius 2 is 1.94 bits per heavy atom. The fraction of sp³-hybridized carbons (Fsp3) is 0.571. The van der Waals surface area contributed by atoms with Gasteiger partial charge < -0.3 is 0 Å². The third-order valence-corrected chi connectivity index (χ3v) is 4.61. The topological polar surface area (TPSA) is 0 Å². The Labute approximate surface area is 102 Å². The maximum absolute atomic E-state index is 13.2. The summed E-state index contributed by atoms with van der Waals surface area (Å²) in [7, 11) is 0. The molecule has 0 nitrogen and oxygen atoms in total. The molecule has 0 saturated heterocycles. The van der Waals surface area contributed by atoms with E-state index in [-0.39, 0.29) is 16.6 Å². The lowest BCUT2D eigenvalue weighted by atomic mass is 9.81. The minimum Gasteiger partial charge on any atom is -0.207 e. The van der Waals surface area contributed by atoms with E-state index in [1.807, 2.05) is 12.1 Å². The smallest absolute Gasteiger partial charge is 0.126 e. The molecule has 1 saturated carbocycles. The van der Waals surface area contributed by atoms with Gasteiger partial charge in [0.15, 0.2) is 0 Å². The van der Waals surface area contributed by atoms with E-state index in [1.54, 1.807) is 6.92 Å². The molecule has 0 bridgehead atoms. The molecular formula is C14H18ClF. The van der Waals surface area contributed by atoms with E-state index >= 15 is 0 Å². The minimum atomic E-state index is -0.149. The average Bonchev–Trinajstić information content (AvgIpc) is 2.70. The van der Waals surface area contributed by atoms with E-state index in [2.05, 4.69) is 6.92 Å². The summed E-state index contributed by atoms with van der Waals surface area (Å²) in [6.45, 7) is 4.04. The van der Waals surface area contributed by atoms with Crippen molar-refractivity contribution in [3.63, 3.8) is 0 Å². The number of hydrogen-bond acceptors (Lipinski definition) is 0. The highest BCUT2D eigenvalue weighted by Crippen LogP contribution is 2.50. The third kappa shape index (κ3) is 2.10. The van der Waals surface area contributed by atoms with E-state index in [0.717, 1.165) is 5.56 Å². The Balaban J connectivity index is 2.26. The highest BCUT2D eigenvalue weighted by atomic mass is 35.5. The van der Waals surface area contributed by atoms with Crippen molar-refractivity contribution in [2.24, 2.45) is 5.41 Å². The zero-order valence-electron chi connectivity index (χ0n) is 9.89. The normalized spacial score (nSPS) is 21.0. The van der Waals surface area contributed by atoms with Crippen LogP contribution < -0.4 is 0 Å². The van der Waals surface area contributed by atoms with Crippen molar-refractivity contribution >= 4 is 11.6 Å². The van der Waals surface area contributed by atoms with Crippen LogP contribution in [0.15, 0.2) is 18.2 Å². The van der Waals surface area contributed by atoms with Gasteiger partial charge in [0.05, 0.1) is 5.38 Å². The van der Waals surface area contributed by atoms with E-state index in [0.29, 0.717) is 5.56 Å². The Morgan fingerprint density at radius 1 is 1.31 bits per heavy atom. The number of benzene rings is 1. The molecule has 1 atom stereocenters. The standard InChI is InChI=1S/C14H18ClF/c1-10-9-11(5-6-12(10)16)13(15)14(2)7-3-4-8-14/h5-6,9,13H,3-4,7-8H2,1-2H3. The van der Waals surface area contributed by atoms with Crippen molar-refractivity contribution in [3.05, 3.63) is 35.1 Å². The van der Waals surface area contributed by atoms with Crippen molar-refractivity contribution in [1.82, 2.24) is 0 Å². The first kappa shape index (κ1) is 11.9. The fourth-order valence-corrected chi connectivity index (χ4v) is 3.02. The molecule has 0 heterocycles. The lowest BCUT2D eigenvalue weighted by Gasteiger charge is -2.30. The van der Waals surface area contributed by atoms with Crippen molar-refractivity contribution in [2.45, 2.75) is 44.9 Å². The summed E-state index contributed by atoms with van der Waals surface area (Å²) in [4.78, 5) is 0. The molecule has 88 valence electrons. The molecule has 0 spiro atoms. The molecule has 0 aliphatic heterocycles. The molecular weight excluding hydrogens is 223 g/mol. The van der Waals surface area contributed by atoms with Crippen LogP contribution in [-0.4, -0.2) is 0 Å². The van der Waals surface area contributed by atoms with Crippen LogP contribution in [0, 0.1) is 18.2 Å². The van der Waals surface area contributed by atoms with Crippen LogP contribution in [-0.2, 0) is 0 Å². The minimum absolute atomic E-state index is 0.00861. The zero-order valence-corrected chi connectivity index (χ0v) is 10.6. The predicted molar refractivity (Wildman–Crippen MR) is 66.3 cm³/mol. The van der Waals surface area contributed by atoms with Crippen molar-refractivity contribution < 1.29 is 4.39 Å². The number of alkyl halides is 1. The van der Waals surface area contributed by atoms with Gasteiger partial charge in [-0.25, -0.2) is 4.39 Å². The van der Waals surface area contributed by atoms with Gasteiger partial charge in [0.1, 0.15) is 5.82 Å². The number of hydrogen-bond donors (Lipinski definition) is 0. The predicted octanol–water partition coefficient (Wildman–Crippen LogP) is 4.99. The highest BCUT2D eigenvalue weighted by molar-refractivity contribution is 6.21. The van der Waals surface area contributed by atoms with E-state index in [9.17, 15) is 4.39 Å². The number of rotatable bonds is 2. The molecule has 1 aromatic carbocycles. The lowest BCUT2D eigenvalue weighted by molar-refractivity contribution is 0.321. The van der Waals surface area contributed by atoms with E-state index < -0.39 is 0 Å². The third-order valence-electron chi connectivity index (χ3n) is 3.83. The number of halogens is 2. The monoisotopic (exact) mass is 240 g/mol. The van der Waals surface area contributed by atoms with Gasteiger partial charge in [0.2, 0.25) is 0 Å². The van der Waals surface area contributed by atoms with Gasteiger partial charge in [-0.05, 0) is 42.4 Å². The van der Waals surface area contributed by atoms with Crippen molar-refractivity contribution in [2.75, 3.05) is 0 Å². The van der Waals surface area contributed by atoms with Crippen LogP contribution in [0.1, 0.15) is 49.1 Å². The Hall–Kier alpha value is -0.560. The number of aryl methyl sites for hydroxylation is 1. The first-order valence-electron chi connectivity index (χ1n) is 5.93. The summed E-state index contributed by atoms with van der Waals surface area (Å²) in [5, 5.41) is 0.00861. The summed E-state index contributed by atoms with van der Waals surface area (Å²) >= 11 is 6.56. The molecule has 1 aliphatic rings. The summed E-state index contributed by atoms with van der Waals surface area (Å²) in [5.41, 5.74) is 1.93. The Bertz CT molecular complexity index is 380. The molecule has 0 amide bonds. The fourth-order valence-electron chi connectivity index (χ4n) is 2.66. The van der Waals surface area contributed by atoms with Gasteiger partial charge in [-0.3, -0.25) is 0 Å². The van der Waals surface area contributed by atoms with Gasteiger partial charge in [0.25, 0.3) is 0 Å². The molecule has 1 aliphatic carbocycles. The second-order valence-corrected chi connectivity index (χ2v) is 5.67. The van der Waals surface area contributed by atoms with Gasteiger partial charge in [-0.2, -0.15) is 0 Å². The molecule has 1 aromatic rings. The molecule has 2 rings (SSSR count). The van der Waals surface area contributed by atoms with Crippen molar-refractivity contribution in [1.29, 1.82) is 0 Å². The molecule has 0 aromatic heterocycles. The van der Waals surface area contributed by atoms with Crippen LogP contribution in [0.25, 0.3) is 0 Å². The molecule has 0 N–H and O–H groups in total. The first-order valence-corrected chi connectivity index (χ1v) is 6.37. The van der Waals surface area contributed by atoms with Crippen LogP contribution in [0.5, 0.6) is 0 Å². The van der Waals surface area contributed by atoms with Gasteiger partial charge in [0, 0.05) is 0 Å². The first-order chi connectivity index (χ1) is 7.53. The summed E-state index contributed by atoms with van der Waals surface area (Å²) in [6, 6.07) is 5.23. The molecule has 16 heavy (non-hydrogen) atoms. The second-order valence-electron chi connectivity index (χ2n) is 5.23. The lowest BCUT2D eigenvalue weighted by Crippen LogP contribution is -2.18. The van der Waals surface area contributed by atoms with Crippen LogP contribution in [0.3, 0.4) is 0 Å². The zero-order chi connectivity index (χ0) is 11.8.